The Morgan fingerprint density at radius 3 is 2.57 bits per heavy atom. The summed E-state index contributed by atoms with van der Waals surface area (Å²) in [5.74, 6) is -3.38. The first-order valence-electron chi connectivity index (χ1n) is 10.8. The minimum atomic E-state index is -3.75. The van der Waals surface area contributed by atoms with Crippen molar-refractivity contribution >= 4 is 21.8 Å². The van der Waals surface area contributed by atoms with E-state index in [-0.39, 0.29) is 42.2 Å². The van der Waals surface area contributed by atoms with Crippen LogP contribution in [0.2, 0.25) is 0 Å². The molecule has 0 unspecified atom stereocenters. The fraction of sp³-hybridized carbons (Fsp3) is 0.409. The number of methoxy groups -OCH3 is 1. The fourth-order valence-electron chi connectivity index (χ4n) is 4.71. The number of ether oxygens (including phenoxy) is 1. The third-order valence-corrected chi connectivity index (χ3v) is 6.87. The van der Waals surface area contributed by atoms with Gasteiger partial charge in [0.25, 0.3) is 11.8 Å². The van der Waals surface area contributed by atoms with Crippen molar-refractivity contribution in [1.82, 2.24) is 19.5 Å². The molecule has 2 amide bonds. The molecule has 0 saturated heterocycles. The molecule has 0 fully saturated rings. The maximum Gasteiger partial charge on any atom is 0.274 e. The molecule has 10 nitrogen and oxygen atoms in total. The summed E-state index contributed by atoms with van der Waals surface area (Å²) in [5.41, 5.74) is -1.32. The van der Waals surface area contributed by atoms with Crippen LogP contribution in [0.5, 0.6) is 5.75 Å². The zero-order chi connectivity index (χ0) is 25.7. The van der Waals surface area contributed by atoms with Gasteiger partial charge < -0.3 is 19.5 Å². The quantitative estimate of drug-likeness (QED) is 0.574. The highest BCUT2D eigenvalue weighted by Crippen LogP contribution is 2.42. The van der Waals surface area contributed by atoms with E-state index in [2.05, 4.69) is 10.0 Å². The standard InChI is InChI=1S/C22H24F2N4O6S/c1-4-27-10-13-8-15(26-35(3,32)33)17-16(19(29)20(34-2)18(22(27)31)28(13)17)21(30)25-9-11-5-6-12(23)7-14(11)24/h5-7,13,15,26H,4,8-10H2,1-3H3,(H,25,30)/t13-,15-/m1/s1. The number of aromatic nitrogens is 1. The second-order valence-electron chi connectivity index (χ2n) is 8.44. The highest BCUT2D eigenvalue weighted by Gasteiger charge is 2.45. The van der Waals surface area contributed by atoms with Crippen molar-refractivity contribution in [2.24, 2.45) is 0 Å². The summed E-state index contributed by atoms with van der Waals surface area (Å²) < 4.78 is 60.6. The molecular formula is C22H24F2N4O6S. The number of rotatable bonds is 7. The van der Waals surface area contributed by atoms with Gasteiger partial charge in [0.05, 0.1) is 31.1 Å². The summed E-state index contributed by atoms with van der Waals surface area (Å²) >= 11 is 0. The first kappa shape index (κ1) is 24.8. The molecule has 2 aromatic rings. The topological polar surface area (TPSA) is 127 Å². The average Bonchev–Trinajstić information content (AvgIpc) is 3.11. The second kappa shape index (κ2) is 9.04. The van der Waals surface area contributed by atoms with Crippen LogP contribution in [-0.4, -0.2) is 56.2 Å². The van der Waals surface area contributed by atoms with Gasteiger partial charge in [-0.3, -0.25) is 14.4 Å². The third kappa shape index (κ3) is 4.41. The van der Waals surface area contributed by atoms with Gasteiger partial charge in [-0.05, 0) is 19.4 Å². The average molecular weight is 511 g/mol. The number of hydrogen-bond acceptors (Lipinski definition) is 6. The van der Waals surface area contributed by atoms with E-state index in [1.165, 1.54) is 16.6 Å². The monoisotopic (exact) mass is 510 g/mol. The number of amides is 2. The number of hydrogen-bond donors (Lipinski definition) is 2. The molecule has 0 spiro atoms. The molecule has 1 aromatic carbocycles. The lowest BCUT2D eigenvalue weighted by Crippen LogP contribution is -2.45. The van der Waals surface area contributed by atoms with Crippen LogP contribution in [-0.2, 0) is 16.6 Å². The van der Waals surface area contributed by atoms with Gasteiger partial charge in [0.15, 0.2) is 11.4 Å². The summed E-state index contributed by atoms with van der Waals surface area (Å²) in [6.07, 6.45) is 1.15. The number of nitrogens with zero attached hydrogens (tertiary/aromatic N) is 2. The van der Waals surface area contributed by atoms with Gasteiger partial charge in [-0.2, -0.15) is 0 Å². The van der Waals surface area contributed by atoms with Gasteiger partial charge in [0, 0.05) is 31.3 Å². The number of halogens is 2. The van der Waals surface area contributed by atoms with Crippen LogP contribution in [0.25, 0.3) is 0 Å². The van der Waals surface area contributed by atoms with Crippen LogP contribution in [0.4, 0.5) is 8.78 Å². The Morgan fingerprint density at radius 2 is 1.97 bits per heavy atom. The van der Waals surface area contributed by atoms with Crippen molar-refractivity contribution in [2.75, 3.05) is 26.5 Å². The number of carbonyl (C=O) groups excluding carboxylic acids is 2. The third-order valence-electron chi connectivity index (χ3n) is 6.15. The van der Waals surface area contributed by atoms with Crippen LogP contribution in [0, 0.1) is 11.6 Å². The molecule has 13 heteroatoms. The number of benzene rings is 1. The molecule has 3 heterocycles. The van der Waals surface area contributed by atoms with E-state index in [0.29, 0.717) is 12.6 Å². The molecule has 0 radical (unpaired) electrons. The summed E-state index contributed by atoms with van der Waals surface area (Å²) in [6, 6.07) is 1.49. The highest BCUT2D eigenvalue weighted by atomic mass is 32.2. The lowest BCUT2D eigenvalue weighted by atomic mass is 10.0. The SMILES string of the molecule is CCN1C[C@H]2C[C@@H](NS(C)(=O)=O)c3c(C(=O)NCc4ccc(F)cc4F)c(=O)c(OC)c(n32)C1=O. The molecule has 2 N–H and O–H groups in total. The maximum absolute atomic E-state index is 14.0. The normalized spacial score (nSPS) is 19.0. The maximum atomic E-state index is 14.0. The molecule has 2 atom stereocenters. The molecule has 4 rings (SSSR count). The second-order valence-corrected chi connectivity index (χ2v) is 10.2. The number of likely N-dealkylation sites (N-methyl/N-ethyl adjacent to an activating group) is 1. The van der Waals surface area contributed by atoms with Crippen LogP contribution in [0.1, 0.15) is 57.5 Å². The smallest absolute Gasteiger partial charge is 0.274 e. The highest BCUT2D eigenvalue weighted by molar-refractivity contribution is 7.88. The first-order valence-corrected chi connectivity index (χ1v) is 12.7. The van der Waals surface area contributed by atoms with Crippen LogP contribution >= 0.6 is 0 Å². The molecule has 0 bridgehead atoms. The molecule has 188 valence electrons. The van der Waals surface area contributed by atoms with Crippen molar-refractivity contribution in [3.8, 4) is 5.75 Å². The molecule has 1 aromatic heterocycles. The Kier molecular flexibility index (Phi) is 6.40. The summed E-state index contributed by atoms with van der Waals surface area (Å²) in [7, 11) is -2.56. The Balaban J connectivity index is 1.85. The largest absolute Gasteiger partial charge is 0.491 e. The molecule has 2 aliphatic heterocycles. The van der Waals surface area contributed by atoms with E-state index in [1.807, 2.05) is 0 Å². The first-order chi connectivity index (χ1) is 16.5. The van der Waals surface area contributed by atoms with Crippen molar-refractivity contribution in [2.45, 2.75) is 32.0 Å². The fourth-order valence-corrected chi connectivity index (χ4v) is 5.44. The van der Waals surface area contributed by atoms with E-state index in [0.717, 1.165) is 18.4 Å². The molecule has 35 heavy (non-hydrogen) atoms. The molecule has 0 aliphatic carbocycles. The Bertz CT molecular complexity index is 1390. The van der Waals surface area contributed by atoms with Gasteiger partial charge in [0.2, 0.25) is 15.5 Å². The summed E-state index contributed by atoms with van der Waals surface area (Å²) in [5, 5.41) is 2.44. The van der Waals surface area contributed by atoms with Crippen LogP contribution < -0.4 is 20.2 Å². The van der Waals surface area contributed by atoms with Gasteiger partial charge in [-0.1, -0.05) is 6.07 Å². The van der Waals surface area contributed by atoms with Gasteiger partial charge in [0.1, 0.15) is 17.2 Å². The zero-order valence-corrected chi connectivity index (χ0v) is 20.0. The Morgan fingerprint density at radius 1 is 1.26 bits per heavy atom. The summed E-state index contributed by atoms with van der Waals surface area (Å²) in [4.78, 5) is 41.3. The van der Waals surface area contributed by atoms with E-state index in [9.17, 15) is 31.6 Å². The van der Waals surface area contributed by atoms with Gasteiger partial charge >= 0.3 is 0 Å². The zero-order valence-electron chi connectivity index (χ0n) is 19.2. The minimum absolute atomic E-state index is 0.0151. The number of carbonyl (C=O) groups is 2. The van der Waals surface area contributed by atoms with Crippen molar-refractivity contribution in [1.29, 1.82) is 0 Å². The lowest BCUT2D eigenvalue weighted by molar-refractivity contribution is 0.0674. The van der Waals surface area contributed by atoms with Crippen LogP contribution in [0.3, 0.4) is 0 Å². The molecule has 0 saturated carbocycles. The van der Waals surface area contributed by atoms with Gasteiger partial charge in [-0.15, -0.1) is 0 Å². The predicted octanol–water partition coefficient (Wildman–Crippen LogP) is 1.08. The number of nitrogens with one attached hydrogen (secondary N) is 2. The Hall–Kier alpha value is -3.32. The lowest BCUT2D eigenvalue weighted by Gasteiger charge is -2.34. The van der Waals surface area contributed by atoms with Crippen molar-refractivity contribution in [3.05, 3.63) is 62.6 Å². The van der Waals surface area contributed by atoms with E-state index >= 15 is 0 Å². The predicted molar refractivity (Wildman–Crippen MR) is 121 cm³/mol. The van der Waals surface area contributed by atoms with Crippen LogP contribution in [0.15, 0.2) is 23.0 Å². The van der Waals surface area contributed by atoms with E-state index < -0.39 is 56.5 Å². The Labute approximate surface area is 199 Å². The van der Waals surface area contributed by atoms with Crippen molar-refractivity contribution < 1.29 is 31.5 Å². The molecule has 2 aliphatic rings. The summed E-state index contributed by atoms with van der Waals surface area (Å²) in [6.45, 7) is 2.03. The minimum Gasteiger partial charge on any atom is -0.491 e. The number of sulfonamides is 1. The van der Waals surface area contributed by atoms with E-state index in [1.54, 1.807) is 6.92 Å². The van der Waals surface area contributed by atoms with Crippen molar-refractivity contribution in [3.63, 3.8) is 0 Å². The van der Waals surface area contributed by atoms with E-state index in [4.69, 9.17) is 4.74 Å². The number of pyridine rings is 1. The molecular weight excluding hydrogens is 486 g/mol. The van der Waals surface area contributed by atoms with Gasteiger partial charge in [-0.25, -0.2) is 21.9 Å².